The summed E-state index contributed by atoms with van der Waals surface area (Å²) in [5, 5.41) is 13.3. The van der Waals surface area contributed by atoms with E-state index < -0.39 is 6.10 Å². The maximum Gasteiger partial charge on any atom is 0.144 e. The van der Waals surface area contributed by atoms with Gasteiger partial charge in [0.15, 0.2) is 0 Å². The Morgan fingerprint density at radius 2 is 2.00 bits per heavy atom. The molecule has 4 heteroatoms. The van der Waals surface area contributed by atoms with E-state index in [9.17, 15) is 5.11 Å². The van der Waals surface area contributed by atoms with Crippen LogP contribution in [-0.2, 0) is 6.42 Å². The van der Waals surface area contributed by atoms with Crippen molar-refractivity contribution >= 4 is 5.82 Å². The Balaban J connectivity index is 1.91. The summed E-state index contributed by atoms with van der Waals surface area (Å²) in [6, 6.07) is 9.86. The molecule has 1 aromatic heterocycles. The normalized spacial score (nSPS) is 13.9. The number of rotatable bonds is 5. The molecule has 2 rings (SSSR count). The Labute approximate surface area is 107 Å². The number of aliphatic hydroxyl groups excluding tert-OH is 1. The average Bonchev–Trinajstić information content (AvgIpc) is 2.41. The van der Waals surface area contributed by atoms with Gasteiger partial charge >= 0.3 is 0 Å². The van der Waals surface area contributed by atoms with Crippen LogP contribution in [0.15, 0.2) is 48.9 Å². The molecular formula is C14H17N3O. The molecule has 18 heavy (non-hydrogen) atoms. The van der Waals surface area contributed by atoms with Gasteiger partial charge in [0.2, 0.25) is 0 Å². The molecule has 0 fully saturated rings. The van der Waals surface area contributed by atoms with Crippen molar-refractivity contribution in [2.45, 2.75) is 25.5 Å². The lowest BCUT2D eigenvalue weighted by atomic mass is 10.0. The van der Waals surface area contributed by atoms with Crippen molar-refractivity contribution in [2.24, 2.45) is 0 Å². The molecule has 94 valence electrons. The van der Waals surface area contributed by atoms with Crippen molar-refractivity contribution in [1.82, 2.24) is 9.97 Å². The Morgan fingerprint density at radius 1 is 1.22 bits per heavy atom. The summed E-state index contributed by atoms with van der Waals surface area (Å²) in [6.45, 7) is 1.93. The number of hydrogen-bond acceptors (Lipinski definition) is 4. The quantitative estimate of drug-likeness (QED) is 0.842. The van der Waals surface area contributed by atoms with Crippen molar-refractivity contribution in [3.05, 3.63) is 54.5 Å². The van der Waals surface area contributed by atoms with Crippen LogP contribution in [0.25, 0.3) is 0 Å². The third kappa shape index (κ3) is 3.53. The van der Waals surface area contributed by atoms with Gasteiger partial charge < -0.3 is 10.4 Å². The lowest BCUT2D eigenvalue weighted by Gasteiger charge is -2.20. The van der Waals surface area contributed by atoms with Crippen molar-refractivity contribution in [3.8, 4) is 0 Å². The molecule has 0 amide bonds. The van der Waals surface area contributed by atoms with E-state index in [1.165, 1.54) is 0 Å². The molecule has 0 aliphatic rings. The van der Waals surface area contributed by atoms with Crippen molar-refractivity contribution in [3.63, 3.8) is 0 Å². The van der Waals surface area contributed by atoms with Crippen LogP contribution in [0.1, 0.15) is 12.5 Å². The minimum atomic E-state index is -0.464. The smallest absolute Gasteiger partial charge is 0.144 e. The Kier molecular flexibility index (Phi) is 4.25. The number of benzene rings is 1. The highest BCUT2D eigenvalue weighted by Crippen LogP contribution is 2.09. The minimum absolute atomic E-state index is 0.0816. The molecule has 0 spiro atoms. The monoisotopic (exact) mass is 243 g/mol. The second kappa shape index (κ2) is 6.12. The van der Waals surface area contributed by atoms with Crippen LogP contribution in [0, 0.1) is 0 Å². The van der Waals surface area contributed by atoms with Gasteiger partial charge in [-0.1, -0.05) is 30.3 Å². The first kappa shape index (κ1) is 12.5. The van der Waals surface area contributed by atoms with E-state index in [1.807, 2.05) is 37.3 Å². The Bertz CT molecular complexity index is 415. The van der Waals surface area contributed by atoms with Crippen LogP contribution in [0.4, 0.5) is 5.82 Å². The van der Waals surface area contributed by atoms with Gasteiger partial charge in [0.05, 0.1) is 18.3 Å². The fourth-order valence-electron chi connectivity index (χ4n) is 1.74. The van der Waals surface area contributed by atoms with Gasteiger partial charge in [0, 0.05) is 18.8 Å². The molecule has 0 saturated carbocycles. The van der Waals surface area contributed by atoms with E-state index in [0.717, 1.165) is 5.56 Å². The molecule has 0 radical (unpaired) electrons. The SMILES string of the molecule is C[C@@H](Nc1cnccn1)[C@H](O)Cc1ccccc1. The zero-order valence-corrected chi connectivity index (χ0v) is 10.3. The summed E-state index contributed by atoms with van der Waals surface area (Å²) in [7, 11) is 0. The summed E-state index contributed by atoms with van der Waals surface area (Å²) >= 11 is 0. The topological polar surface area (TPSA) is 58.0 Å². The Morgan fingerprint density at radius 3 is 2.67 bits per heavy atom. The molecular weight excluding hydrogens is 226 g/mol. The molecule has 0 saturated heterocycles. The maximum atomic E-state index is 10.1. The zero-order chi connectivity index (χ0) is 12.8. The number of hydrogen-bond donors (Lipinski definition) is 2. The Hall–Kier alpha value is -1.94. The van der Waals surface area contributed by atoms with E-state index in [4.69, 9.17) is 0 Å². The number of aliphatic hydroxyl groups is 1. The van der Waals surface area contributed by atoms with E-state index in [1.54, 1.807) is 18.6 Å². The molecule has 4 nitrogen and oxygen atoms in total. The maximum absolute atomic E-state index is 10.1. The van der Waals surface area contributed by atoms with Crippen molar-refractivity contribution < 1.29 is 5.11 Å². The highest BCUT2D eigenvalue weighted by atomic mass is 16.3. The van der Waals surface area contributed by atoms with Crippen LogP contribution < -0.4 is 5.32 Å². The van der Waals surface area contributed by atoms with Gasteiger partial charge in [-0.3, -0.25) is 4.98 Å². The summed E-state index contributed by atoms with van der Waals surface area (Å²) in [5.41, 5.74) is 1.12. The van der Waals surface area contributed by atoms with Crippen LogP contribution in [0.5, 0.6) is 0 Å². The molecule has 2 atom stereocenters. The third-order valence-electron chi connectivity index (χ3n) is 2.80. The fraction of sp³-hybridized carbons (Fsp3) is 0.286. The van der Waals surface area contributed by atoms with Gasteiger partial charge in [-0.25, -0.2) is 4.98 Å². The van der Waals surface area contributed by atoms with E-state index in [0.29, 0.717) is 12.2 Å². The highest BCUT2D eigenvalue weighted by molar-refractivity contribution is 5.31. The summed E-state index contributed by atoms with van der Waals surface area (Å²) in [6.07, 6.45) is 5.05. The van der Waals surface area contributed by atoms with Gasteiger partial charge in [0.1, 0.15) is 5.82 Å². The summed E-state index contributed by atoms with van der Waals surface area (Å²) in [4.78, 5) is 8.10. The lowest BCUT2D eigenvalue weighted by Crippen LogP contribution is -2.32. The molecule has 2 aromatic rings. The van der Waals surface area contributed by atoms with Gasteiger partial charge in [0.25, 0.3) is 0 Å². The van der Waals surface area contributed by atoms with Gasteiger partial charge in [-0.2, -0.15) is 0 Å². The van der Waals surface area contributed by atoms with Crippen LogP contribution in [0.3, 0.4) is 0 Å². The minimum Gasteiger partial charge on any atom is -0.391 e. The standard InChI is InChI=1S/C14H17N3O/c1-11(17-14-10-15-7-8-16-14)13(18)9-12-5-3-2-4-6-12/h2-8,10-11,13,18H,9H2,1H3,(H,16,17)/t11-,13-/m1/s1. The van der Waals surface area contributed by atoms with Crippen LogP contribution >= 0.6 is 0 Å². The van der Waals surface area contributed by atoms with Crippen LogP contribution in [-0.4, -0.2) is 27.2 Å². The van der Waals surface area contributed by atoms with Crippen molar-refractivity contribution in [2.75, 3.05) is 5.32 Å². The molecule has 1 aromatic carbocycles. The molecule has 0 bridgehead atoms. The van der Waals surface area contributed by atoms with E-state index in [-0.39, 0.29) is 6.04 Å². The summed E-state index contributed by atoms with van der Waals surface area (Å²) < 4.78 is 0. The highest BCUT2D eigenvalue weighted by Gasteiger charge is 2.14. The first-order valence-corrected chi connectivity index (χ1v) is 6.00. The second-order valence-corrected chi connectivity index (χ2v) is 4.28. The van der Waals surface area contributed by atoms with Crippen LogP contribution in [0.2, 0.25) is 0 Å². The average molecular weight is 243 g/mol. The molecule has 1 heterocycles. The molecule has 2 N–H and O–H groups in total. The predicted molar refractivity (Wildman–Crippen MR) is 71.3 cm³/mol. The number of anilines is 1. The fourth-order valence-corrected chi connectivity index (χ4v) is 1.74. The largest absolute Gasteiger partial charge is 0.391 e. The van der Waals surface area contributed by atoms with Crippen molar-refractivity contribution in [1.29, 1.82) is 0 Å². The number of aromatic nitrogens is 2. The van der Waals surface area contributed by atoms with Gasteiger partial charge in [-0.05, 0) is 12.5 Å². The lowest BCUT2D eigenvalue weighted by molar-refractivity contribution is 0.158. The summed E-state index contributed by atoms with van der Waals surface area (Å²) in [5.74, 6) is 0.678. The number of nitrogens with one attached hydrogen (secondary N) is 1. The first-order chi connectivity index (χ1) is 8.75. The third-order valence-corrected chi connectivity index (χ3v) is 2.80. The molecule has 0 aliphatic carbocycles. The second-order valence-electron chi connectivity index (χ2n) is 4.28. The van der Waals surface area contributed by atoms with E-state index >= 15 is 0 Å². The van der Waals surface area contributed by atoms with Gasteiger partial charge in [-0.15, -0.1) is 0 Å². The predicted octanol–water partition coefficient (Wildman–Crippen LogP) is 1.88. The first-order valence-electron chi connectivity index (χ1n) is 6.00. The number of nitrogens with zero attached hydrogens (tertiary/aromatic N) is 2. The molecule has 0 unspecified atom stereocenters. The van der Waals surface area contributed by atoms with E-state index in [2.05, 4.69) is 15.3 Å². The molecule has 0 aliphatic heterocycles. The zero-order valence-electron chi connectivity index (χ0n) is 10.3.